The van der Waals surface area contributed by atoms with E-state index in [0.717, 1.165) is 54.2 Å². The average molecular weight is 439 g/mol. The van der Waals surface area contributed by atoms with E-state index in [9.17, 15) is 9.59 Å². The lowest BCUT2D eigenvalue weighted by molar-refractivity contribution is -0.136. The van der Waals surface area contributed by atoms with Crippen molar-refractivity contribution in [2.24, 2.45) is 0 Å². The number of benzene rings is 2. The second kappa shape index (κ2) is 10.6. The number of aryl methyl sites for hydroxylation is 3. The number of hydrogen-bond donors (Lipinski definition) is 2. The lowest BCUT2D eigenvalue weighted by Crippen LogP contribution is -2.49. The van der Waals surface area contributed by atoms with Gasteiger partial charge >= 0.3 is 11.8 Å². The topological polar surface area (TPSA) is 73.9 Å². The van der Waals surface area contributed by atoms with Crippen LogP contribution in [-0.2, 0) is 9.59 Å². The highest BCUT2D eigenvalue weighted by atomic mass is 16.5. The molecular formula is C25H34N4O3. The molecule has 0 spiro atoms. The van der Waals surface area contributed by atoms with Gasteiger partial charge in [-0.2, -0.15) is 0 Å². The number of piperazine rings is 1. The predicted molar refractivity (Wildman–Crippen MR) is 127 cm³/mol. The first kappa shape index (κ1) is 23.8. The van der Waals surface area contributed by atoms with Crippen LogP contribution in [0.2, 0.25) is 0 Å². The normalized spacial score (nSPS) is 15.8. The zero-order valence-electron chi connectivity index (χ0n) is 19.7. The largest absolute Gasteiger partial charge is 0.497 e. The zero-order chi connectivity index (χ0) is 23.3. The maximum absolute atomic E-state index is 12.6. The van der Waals surface area contributed by atoms with Crippen LogP contribution in [0.5, 0.6) is 5.75 Å². The number of ether oxygens (including phenoxy) is 1. The van der Waals surface area contributed by atoms with E-state index in [1.54, 1.807) is 7.11 Å². The number of carbonyl (C=O) groups excluding carboxylic acids is 2. The van der Waals surface area contributed by atoms with Gasteiger partial charge in [-0.3, -0.25) is 14.5 Å². The van der Waals surface area contributed by atoms with Crippen LogP contribution in [-0.4, -0.2) is 68.5 Å². The fraction of sp³-hybridized carbons (Fsp3) is 0.440. The van der Waals surface area contributed by atoms with Crippen molar-refractivity contribution in [2.45, 2.75) is 26.8 Å². The standard InChI is InChI=1S/C25H34N4O3/c1-17-14-18(2)23(19(3)15-17)27-25(31)24(30)26-16-22(29-12-10-28(4)11-13-29)20-6-8-21(32-5)9-7-20/h6-9,14-15,22H,10-13,16H2,1-5H3,(H,26,30)(H,27,31)/t22-/m0/s1. The number of anilines is 1. The second-order valence-electron chi connectivity index (χ2n) is 8.57. The summed E-state index contributed by atoms with van der Waals surface area (Å²) in [6.45, 7) is 9.96. The maximum atomic E-state index is 12.6. The summed E-state index contributed by atoms with van der Waals surface area (Å²) < 4.78 is 5.28. The summed E-state index contributed by atoms with van der Waals surface area (Å²) >= 11 is 0. The smallest absolute Gasteiger partial charge is 0.313 e. The van der Waals surface area contributed by atoms with Gasteiger partial charge in [-0.15, -0.1) is 0 Å². The molecule has 1 aliphatic heterocycles. The van der Waals surface area contributed by atoms with Crippen LogP contribution in [0.15, 0.2) is 36.4 Å². The molecule has 0 aromatic heterocycles. The zero-order valence-corrected chi connectivity index (χ0v) is 19.7. The third kappa shape index (κ3) is 5.87. The molecule has 2 N–H and O–H groups in total. The molecule has 0 bridgehead atoms. The van der Waals surface area contributed by atoms with Crippen molar-refractivity contribution >= 4 is 17.5 Å². The number of rotatable bonds is 6. The van der Waals surface area contributed by atoms with E-state index in [1.807, 2.05) is 57.2 Å². The molecule has 0 radical (unpaired) electrons. The van der Waals surface area contributed by atoms with E-state index in [0.29, 0.717) is 12.2 Å². The molecule has 172 valence electrons. The van der Waals surface area contributed by atoms with Gasteiger partial charge in [0, 0.05) is 38.4 Å². The molecule has 1 atom stereocenters. The highest BCUT2D eigenvalue weighted by molar-refractivity contribution is 6.39. The van der Waals surface area contributed by atoms with Crippen molar-refractivity contribution < 1.29 is 14.3 Å². The van der Waals surface area contributed by atoms with E-state index in [2.05, 4.69) is 27.5 Å². The molecule has 2 amide bonds. The Labute approximate surface area is 190 Å². The molecule has 7 nitrogen and oxygen atoms in total. The van der Waals surface area contributed by atoms with Gasteiger partial charge < -0.3 is 20.3 Å². The van der Waals surface area contributed by atoms with Gasteiger partial charge in [0.15, 0.2) is 0 Å². The monoisotopic (exact) mass is 438 g/mol. The molecule has 7 heteroatoms. The average Bonchev–Trinajstić information content (AvgIpc) is 2.77. The Kier molecular flexibility index (Phi) is 7.88. The van der Waals surface area contributed by atoms with Crippen molar-refractivity contribution in [2.75, 3.05) is 52.2 Å². The first-order chi connectivity index (χ1) is 15.3. The lowest BCUT2D eigenvalue weighted by Gasteiger charge is -2.38. The van der Waals surface area contributed by atoms with Gasteiger partial charge in [0.05, 0.1) is 13.2 Å². The first-order valence-corrected chi connectivity index (χ1v) is 11.0. The Morgan fingerprint density at radius 3 is 2.12 bits per heavy atom. The van der Waals surface area contributed by atoms with Crippen molar-refractivity contribution in [3.63, 3.8) is 0 Å². The second-order valence-corrected chi connectivity index (χ2v) is 8.57. The molecule has 0 saturated carbocycles. The van der Waals surface area contributed by atoms with Crippen LogP contribution in [0.3, 0.4) is 0 Å². The van der Waals surface area contributed by atoms with Crippen molar-refractivity contribution in [3.8, 4) is 5.75 Å². The molecule has 1 heterocycles. The molecule has 32 heavy (non-hydrogen) atoms. The molecule has 3 rings (SSSR count). The van der Waals surface area contributed by atoms with Crippen LogP contribution in [0, 0.1) is 20.8 Å². The summed E-state index contributed by atoms with van der Waals surface area (Å²) in [5, 5.41) is 5.63. The number of amides is 2. The SMILES string of the molecule is COc1ccc([C@H](CNC(=O)C(=O)Nc2c(C)cc(C)cc2C)N2CCN(C)CC2)cc1. The van der Waals surface area contributed by atoms with Gasteiger partial charge in [0.2, 0.25) is 0 Å². The Morgan fingerprint density at radius 1 is 0.969 bits per heavy atom. The number of likely N-dealkylation sites (N-methyl/N-ethyl adjacent to an activating group) is 1. The highest BCUT2D eigenvalue weighted by Gasteiger charge is 2.26. The van der Waals surface area contributed by atoms with E-state index >= 15 is 0 Å². The third-order valence-electron chi connectivity index (χ3n) is 6.06. The fourth-order valence-corrected chi connectivity index (χ4v) is 4.23. The summed E-state index contributed by atoms with van der Waals surface area (Å²) in [5.41, 5.74) is 4.79. The minimum Gasteiger partial charge on any atom is -0.497 e. The first-order valence-electron chi connectivity index (χ1n) is 11.0. The molecule has 0 unspecified atom stereocenters. The summed E-state index contributed by atoms with van der Waals surface area (Å²) in [7, 11) is 3.75. The van der Waals surface area contributed by atoms with E-state index in [-0.39, 0.29) is 6.04 Å². The molecule has 0 aliphatic carbocycles. The molecule has 1 aliphatic rings. The molecule has 1 fully saturated rings. The molecule has 1 saturated heterocycles. The predicted octanol–water partition coefficient (Wildman–Crippen LogP) is 2.66. The van der Waals surface area contributed by atoms with Crippen LogP contribution in [0.1, 0.15) is 28.3 Å². The van der Waals surface area contributed by atoms with Crippen LogP contribution < -0.4 is 15.4 Å². The summed E-state index contributed by atoms with van der Waals surface area (Å²) in [5.74, 6) is -0.484. The highest BCUT2D eigenvalue weighted by Crippen LogP contribution is 2.24. The molecule has 2 aromatic rings. The van der Waals surface area contributed by atoms with Crippen LogP contribution in [0.4, 0.5) is 5.69 Å². The van der Waals surface area contributed by atoms with Gasteiger partial charge in [0.25, 0.3) is 0 Å². The summed E-state index contributed by atoms with van der Waals surface area (Å²) in [6.07, 6.45) is 0. The lowest BCUT2D eigenvalue weighted by atomic mass is 10.0. The minimum absolute atomic E-state index is 0.0193. The van der Waals surface area contributed by atoms with E-state index in [4.69, 9.17) is 4.74 Å². The van der Waals surface area contributed by atoms with E-state index < -0.39 is 11.8 Å². The van der Waals surface area contributed by atoms with Gasteiger partial charge in [-0.1, -0.05) is 29.8 Å². The van der Waals surface area contributed by atoms with Crippen molar-refractivity contribution in [3.05, 3.63) is 58.7 Å². The Bertz CT molecular complexity index is 927. The molecule has 2 aromatic carbocycles. The number of nitrogens with zero attached hydrogens (tertiary/aromatic N) is 2. The summed E-state index contributed by atoms with van der Waals surface area (Å²) in [6, 6.07) is 11.9. The van der Waals surface area contributed by atoms with Gasteiger partial charge in [0.1, 0.15) is 5.75 Å². The van der Waals surface area contributed by atoms with E-state index in [1.165, 1.54) is 0 Å². The Morgan fingerprint density at radius 2 is 1.56 bits per heavy atom. The quantitative estimate of drug-likeness (QED) is 0.679. The third-order valence-corrected chi connectivity index (χ3v) is 6.06. The minimum atomic E-state index is -0.646. The number of hydrogen-bond acceptors (Lipinski definition) is 5. The van der Waals surface area contributed by atoms with Crippen molar-refractivity contribution in [1.82, 2.24) is 15.1 Å². The van der Waals surface area contributed by atoms with Gasteiger partial charge in [-0.25, -0.2) is 0 Å². The number of carbonyl (C=O) groups is 2. The Balaban J connectivity index is 1.69. The van der Waals surface area contributed by atoms with Gasteiger partial charge in [-0.05, 0) is 56.6 Å². The number of methoxy groups -OCH3 is 1. The van der Waals surface area contributed by atoms with Crippen molar-refractivity contribution in [1.29, 1.82) is 0 Å². The molecular weight excluding hydrogens is 404 g/mol. The number of nitrogens with one attached hydrogen (secondary N) is 2. The Hall–Kier alpha value is -2.90. The summed E-state index contributed by atoms with van der Waals surface area (Å²) in [4.78, 5) is 29.9. The fourth-order valence-electron chi connectivity index (χ4n) is 4.23. The maximum Gasteiger partial charge on any atom is 0.313 e. The van der Waals surface area contributed by atoms with Crippen LogP contribution in [0.25, 0.3) is 0 Å². The van der Waals surface area contributed by atoms with Crippen LogP contribution >= 0.6 is 0 Å².